The Morgan fingerprint density at radius 2 is 2.33 bits per heavy atom. The van der Waals surface area contributed by atoms with Gasteiger partial charge in [0.25, 0.3) is 5.91 Å². The molecule has 0 aromatic carbocycles. The molecule has 0 radical (unpaired) electrons. The third-order valence-electron chi connectivity index (χ3n) is 3.28. The Morgan fingerprint density at radius 1 is 1.50 bits per heavy atom. The van der Waals surface area contributed by atoms with Gasteiger partial charge in [0, 0.05) is 25.2 Å². The molecule has 2 rings (SSSR count). The third kappa shape index (κ3) is 2.79. The summed E-state index contributed by atoms with van der Waals surface area (Å²) in [5.41, 5.74) is 0.00886. The zero-order valence-electron chi connectivity index (χ0n) is 10.5. The van der Waals surface area contributed by atoms with Crippen molar-refractivity contribution in [3.63, 3.8) is 0 Å². The summed E-state index contributed by atoms with van der Waals surface area (Å²) < 4.78 is 4.75. The lowest BCUT2D eigenvalue weighted by molar-refractivity contribution is 0.0612. The van der Waals surface area contributed by atoms with Gasteiger partial charge in [-0.15, -0.1) is 0 Å². The molecular weight excluding hydrogens is 232 g/mol. The number of likely N-dealkylation sites (tertiary alicyclic amines) is 1. The highest BCUT2D eigenvalue weighted by atomic mass is 16.4. The maximum Gasteiger partial charge on any atom is 0.335 e. The molecule has 0 aliphatic carbocycles. The summed E-state index contributed by atoms with van der Waals surface area (Å²) in [4.78, 5) is 25.1. The van der Waals surface area contributed by atoms with Gasteiger partial charge in [0.1, 0.15) is 6.26 Å². The minimum absolute atomic E-state index is 0.0568. The lowest BCUT2D eigenvalue weighted by Crippen LogP contribution is -2.48. The molecule has 1 aromatic rings. The molecule has 98 valence electrons. The van der Waals surface area contributed by atoms with Crippen LogP contribution in [0.15, 0.2) is 27.6 Å². The average Bonchev–Trinajstić information content (AvgIpc) is 2.40. The van der Waals surface area contributed by atoms with E-state index in [2.05, 4.69) is 5.32 Å². The largest absolute Gasteiger partial charge is 0.430 e. The standard InChI is InChI=1S/C13H18N2O3/c1-14-8-11-4-2-3-7-15(11)13(17)10-5-6-12(16)18-9-10/h5-6,9,11,14H,2-4,7-8H2,1H3. The number of hydrogen-bond acceptors (Lipinski definition) is 4. The summed E-state index contributed by atoms with van der Waals surface area (Å²) in [7, 11) is 1.89. The van der Waals surface area contributed by atoms with Crippen LogP contribution in [0.4, 0.5) is 0 Å². The van der Waals surface area contributed by atoms with E-state index in [9.17, 15) is 9.59 Å². The number of piperidine rings is 1. The van der Waals surface area contributed by atoms with Crippen LogP contribution in [0.1, 0.15) is 29.6 Å². The van der Waals surface area contributed by atoms with Gasteiger partial charge in [-0.3, -0.25) is 4.79 Å². The number of nitrogens with zero attached hydrogens (tertiary/aromatic N) is 1. The van der Waals surface area contributed by atoms with Gasteiger partial charge in [-0.2, -0.15) is 0 Å². The first-order chi connectivity index (χ1) is 8.72. The summed E-state index contributed by atoms with van der Waals surface area (Å²) in [5, 5.41) is 3.12. The number of carbonyl (C=O) groups is 1. The molecule has 1 aliphatic heterocycles. The van der Waals surface area contributed by atoms with Crippen LogP contribution in [-0.2, 0) is 0 Å². The molecule has 0 spiro atoms. The number of likely N-dealkylation sites (N-methyl/N-ethyl adjacent to an activating group) is 1. The zero-order valence-corrected chi connectivity index (χ0v) is 10.5. The van der Waals surface area contributed by atoms with Crippen LogP contribution in [0.25, 0.3) is 0 Å². The van der Waals surface area contributed by atoms with Gasteiger partial charge in [-0.25, -0.2) is 4.79 Å². The van der Waals surface area contributed by atoms with E-state index in [0.29, 0.717) is 5.56 Å². The second kappa shape index (κ2) is 5.82. The minimum Gasteiger partial charge on any atom is -0.430 e. The second-order valence-electron chi connectivity index (χ2n) is 4.55. The van der Waals surface area contributed by atoms with Crippen molar-refractivity contribution in [3.8, 4) is 0 Å². The first-order valence-corrected chi connectivity index (χ1v) is 6.27. The molecule has 1 aliphatic rings. The van der Waals surface area contributed by atoms with Gasteiger partial charge >= 0.3 is 5.63 Å². The van der Waals surface area contributed by atoms with Crippen LogP contribution in [0.2, 0.25) is 0 Å². The predicted octanol–water partition coefficient (Wildman–Crippen LogP) is 0.854. The normalized spacial score (nSPS) is 19.8. The number of carbonyl (C=O) groups excluding carboxylic acids is 1. The molecule has 1 fully saturated rings. The van der Waals surface area contributed by atoms with Crippen LogP contribution < -0.4 is 10.9 Å². The number of hydrogen-bond donors (Lipinski definition) is 1. The molecule has 0 bridgehead atoms. The van der Waals surface area contributed by atoms with Crippen LogP contribution in [0.3, 0.4) is 0 Å². The van der Waals surface area contributed by atoms with E-state index in [4.69, 9.17) is 4.42 Å². The smallest absolute Gasteiger partial charge is 0.335 e. The molecule has 1 N–H and O–H groups in total. The highest BCUT2D eigenvalue weighted by Gasteiger charge is 2.27. The molecule has 5 heteroatoms. The Balaban J connectivity index is 2.15. The quantitative estimate of drug-likeness (QED) is 0.864. The maximum atomic E-state index is 12.3. The molecule has 2 heterocycles. The lowest BCUT2D eigenvalue weighted by atomic mass is 10.0. The number of nitrogens with one attached hydrogen (secondary N) is 1. The molecule has 1 atom stereocenters. The maximum absolute atomic E-state index is 12.3. The Bertz CT molecular complexity index is 447. The fourth-order valence-electron chi connectivity index (χ4n) is 2.36. The van der Waals surface area contributed by atoms with Gasteiger partial charge in [-0.1, -0.05) is 0 Å². The van der Waals surface area contributed by atoms with E-state index < -0.39 is 5.63 Å². The van der Waals surface area contributed by atoms with E-state index in [0.717, 1.165) is 32.4 Å². The Hall–Kier alpha value is -1.62. The van der Waals surface area contributed by atoms with Crippen molar-refractivity contribution in [1.29, 1.82) is 0 Å². The van der Waals surface area contributed by atoms with E-state index in [1.165, 1.54) is 18.4 Å². The molecule has 1 amide bonds. The third-order valence-corrected chi connectivity index (χ3v) is 3.28. The summed E-state index contributed by atoms with van der Waals surface area (Å²) in [6.07, 6.45) is 4.45. The lowest BCUT2D eigenvalue weighted by Gasteiger charge is -2.35. The zero-order chi connectivity index (χ0) is 13.0. The van der Waals surface area contributed by atoms with E-state index in [1.807, 2.05) is 11.9 Å². The summed E-state index contributed by atoms with van der Waals surface area (Å²) >= 11 is 0. The molecule has 18 heavy (non-hydrogen) atoms. The Labute approximate surface area is 106 Å². The SMILES string of the molecule is CNCC1CCCCN1C(=O)c1ccc(=O)oc1. The van der Waals surface area contributed by atoms with Crippen molar-refractivity contribution in [2.45, 2.75) is 25.3 Å². The first-order valence-electron chi connectivity index (χ1n) is 6.27. The van der Waals surface area contributed by atoms with Gasteiger partial charge in [-0.05, 0) is 32.4 Å². The second-order valence-corrected chi connectivity index (χ2v) is 4.55. The van der Waals surface area contributed by atoms with Gasteiger partial charge in [0.05, 0.1) is 5.56 Å². The molecular formula is C13H18N2O3. The predicted molar refractivity (Wildman–Crippen MR) is 67.6 cm³/mol. The average molecular weight is 250 g/mol. The summed E-state index contributed by atoms with van der Waals surface area (Å²) in [6, 6.07) is 3.03. The minimum atomic E-state index is -0.433. The van der Waals surface area contributed by atoms with Crippen molar-refractivity contribution in [2.24, 2.45) is 0 Å². The van der Waals surface area contributed by atoms with Crippen LogP contribution in [-0.4, -0.2) is 37.0 Å². The summed E-state index contributed by atoms with van der Waals surface area (Å²) in [6.45, 7) is 1.56. The van der Waals surface area contributed by atoms with Crippen molar-refractivity contribution in [3.05, 3.63) is 34.4 Å². The molecule has 0 saturated carbocycles. The van der Waals surface area contributed by atoms with Crippen LogP contribution in [0, 0.1) is 0 Å². The fraction of sp³-hybridized carbons (Fsp3) is 0.538. The monoisotopic (exact) mass is 250 g/mol. The highest BCUT2D eigenvalue weighted by Crippen LogP contribution is 2.18. The molecule has 5 nitrogen and oxygen atoms in total. The number of amides is 1. The topological polar surface area (TPSA) is 62.6 Å². The van der Waals surface area contributed by atoms with Gasteiger partial charge in [0.2, 0.25) is 0 Å². The highest BCUT2D eigenvalue weighted by molar-refractivity contribution is 5.94. The van der Waals surface area contributed by atoms with Crippen molar-refractivity contribution < 1.29 is 9.21 Å². The first kappa shape index (κ1) is 12.8. The molecule has 1 aromatic heterocycles. The number of rotatable bonds is 3. The van der Waals surface area contributed by atoms with Crippen LogP contribution in [0.5, 0.6) is 0 Å². The van der Waals surface area contributed by atoms with Gasteiger partial charge in [0.15, 0.2) is 0 Å². The van der Waals surface area contributed by atoms with Crippen molar-refractivity contribution in [1.82, 2.24) is 10.2 Å². The van der Waals surface area contributed by atoms with E-state index in [-0.39, 0.29) is 11.9 Å². The Kier molecular flexibility index (Phi) is 4.15. The van der Waals surface area contributed by atoms with E-state index in [1.54, 1.807) is 0 Å². The van der Waals surface area contributed by atoms with E-state index >= 15 is 0 Å². The molecule has 1 saturated heterocycles. The summed E-state index contributed by atoms with van der Waals surface area (Å²) in [5.74, 6) is -0.0568. The van der Waals surface area contributed by atoms with Gasteiger partial charge < -0.3 is 14.6 Å². The van der Waals surface area contributed by atoms with Crippen molar-refractivity contribution in [2.75, 3.05) is 20.1 Å². The van der Waals surface area contributed by atoms with Crippen LogP contribution >= 0.6 is 0 Å². The Morgan fingerprint density at radius 3 is 3.00 bits per heavy atom. The molecule has 1 unspecified atom stereocenters. The van der Waals surface area contributed by atoms with Crippen molar-refractivity contribution >= 4 is 5.91 Å². The fourth-order valence-corrected chi connectivity index (χ4v) is 2.36.